The predicted octanol–water partition coefficient (Wildman–Crippen LogP) is 0.185. The van der Waals surface area contributed by atoms with Gasteiger partial charge in [-0.2, -0.15) is 11.8 Å². The van der Waals surface area contributed by atoms with E-state index < -0.39 is 12.1 Å². The molecule has 0 fully saturated rings. The molecule has 2 N–H and O–H groups in total. The number of aliphatic carboxylic acids is 1. The third-order valence-electron chi connectivity index (χ3n) is 0.880. The molecule has 3 nitrogen and oxygen atoms in total. The van der Waals surface area contributed by atoms with Crippen molar-refractivity contribution in [2.24, 2.45) is 0 Å². The second-order valence-electron chi connectivity index (χ2n) is 1.64. The van der Waals surface area contributed by atoms with Crippen LogP contribution in [-0.2, 0) is 4.79 Å². The molecule has 0 bridgehead atoms. The number of carboxylic acids is 1. The zero-order valence-electron chi connectivity index (χ0n) is 5.20. The molecule has 0 spiro atoms. The van der Waals surface area contributed by atoms with Crippen LogP contribution in [-0.4, -0.2) is 34.3 Å². The SMILES string of the molecule is CS[13CH2][13CH2][13CH](O)[13C](=O)O. The standard InChI is InChI=1S/C5H10O3S/c1-9-3-2-4(6)5(7)8/h4,6H,2-3H2,1H3,(H,7,8)/i2+1,3+1,4+1,5+1. The van der Waals surface area contributed by atoms with Crippen LogP contribution in [0.25, 0.3) is 0 Å². The number of hydrogen-bond acceptors (Lipinski definition) is 3. The van der Waals surface area contributed by atoms with E-state index in [0.29, 0.717) is 12.2 Å². The molecule has 1 unspecified atom stereocenters. The van der Waals surface area contributed by atoms with E-state index in [2.05, 4.69) is 0 Å². The summed E-state index contributed by atoms with van der Waals surface area (Å²) >= 11 is 1.52. The van der Waals surface area contributed by atoms with Gasteiger partial charge in [-0.25, -0.2) is 4.79 Å². The van der Waals surface area contributed by atoms with Crippen LogP contribution in [0.5, 0.6) is 0 Å². The van der Waals surface area contributed by atoms with Crippen molar-refractivity contribution in [2.45, 2.75) is 12.5 Å². The van der Waals surface area contributed by atoms with Crippen molar-refractivity contribution < 1.29 is 15.0 Å². The summed E-state index contributed by atoms with van der Waals surface area (Å²) in [5.74, 6) is -0.447. The Bertz CT molecular complexity index is 94.2. The first-order valence-corrected chi connectivity index (χ1v) is 3.97. The second-order valence-corrected chi connectivity index (χ2v) is 2.62. The molecule has 0 aliphatic heterocycles. The highest BCUT2D eigenvalue weighted by Crippen LogP contribution is 1.99. The Morgan fingerprint density at radius 2 is 2.33 bits per heavy atom. The molecule has 0 aliphatic rings. The third kappa shape index (κ3) is 4.29. The molecule has 4 heteroatoms. The molecule has 0 aromatic heterocycles. The van der Waals surface area contributed by atoms with E-state index in [4.69, 9.17) is 10.2 Å². The Balaban J connectivity index is 3.27. The lowest BCUT2D eigenvalue weighted by molar-refractivity contribution is -0.146. The first kappa shape index (κ1) is 8.78. The quantitative estimate of drug-likeness (QED) is 0.567. The van der Waals surface area contributed by atoms with E-state index in [1.807, 2.05) is 6.26 Å². The Hall–Kier alpha value is -0.220. The average Bonchev–Trinajstić information content (AvgIpc) is 1.82. The third-order valence-corrected chi connectivity index (χ3v) is 1.52. The van der Waals surface area contributed by atoms with Gasteiger partial charge in [0.25, 0.3) is 0 Å². The summed E-state index contributed by atoms with van der Waals surface area (Å²) in [5.41, 5.74) is 0. The fourth-order valence-electron chi connectivity index (χ4n) is 0.353. The number of hydrogen-bond donors (Lipinski definition) is 2. The van der Waals surface area contributed by atoms with E-state index in [9.17, 15) is 4.79 Å². The van der Waals surface area contributed by atoms with Crippen LogP contribution >= 0.6 is 11.8 Å². The van der Waals surface area contributed by atoms with Gasteiger partial charge in [0.2, 0.25) is 0 Å². The Labute approximate surface area is 58.1 Å². The molecule has 0 radical (unpaired) electrons. The topological polar surface area (TPSA) is 57.5 Å². The first-order valence-electron chi connectivity index (χ1n) is 2.58. The van der Waals surface area contributed by atoms with Crippen molar-refractivity contribution in [2.75, 3.05) is 12.0 Å². The molecule has 0 amide bonds. The molecular formula is C5H10O3S. The Morgan fingerprint density at radius 1 is 1.78 bits per heavy atom. The molecule has 0 aromatic carbocycles. The Kier molecular flexibility index (Phi) is 4.53. The van der Waals surface area contributed by atoms with E-state index >= 15 is 0 Å². The lowest BCUT2D eigenvalue weighted by atomic mass is 11.2. The smallest absolute Gasteiger partial charge is 0.332 e. The van der Waals surface area contributed by atoms with Gasteiger partial charge in [0.05, 0.1) is 0 Å². The van der Waals surface area contributed by atoms with Crippen molar-refractivity contribution in [3.8, 4) is 0 Å². The molecule has 0 aliphatic carbocycles. The summed E-state index contributed by atoms with van der Waals surface area (Å²) in [6.45, 7) is 0. The largest absolute Gasteiger partial charge is 0.479 e. The minimum atomic E-state index is -1.18. The maximum absolute atomic E-state index is 9.95. The highest BCUT2D eigenvalue weighted by molar-refractivity contribution is 7.98. The van der Waals surface area contributed by atoms with Gasteiger partial charge in [0.1, 0.15) is 0 Å². The van der Waals surface area contributed by atoms with Crippen LogP contribution in [0, 0.1) is 0 Å². The number of thioether (sulfide) groups is 1. The summed E-state index contributed by atoms with van der Waals surface area (Å²) in [7, 11) is 0. The van der Waals surface area contributed by atoms with Crippen LogP contribution in [0.2, 0.25) is 0 Å². The van der Waals surface area contributed by atoms with E-state index in [0.717, 1.165) is 0 Å². The van der Waals surface area contributed by atoms with Crippen LogP contribution in [0.3, 0.4) is 0 Å². The van der Waals surface area contributed by atoms with Crippen molar-refractivity contribution >= 4 is 17.7 Å². The fraction of sp³-hybridized carbons (Fsp3) is 0.800. The molecule has 1 atom stereocenters. The van der Waals surface area contributed by atoms with Gasteiger partial charge in [-0.1, -0.05) is 0 Å². The summed E-state index contributed by atoms with van der Waals surface area (Å²) < 4.78 is 0. The van der Waals surface area contributed by atoms with Crippen molar-refractivity contribution in [3.05, 3.63) is 0 Å². The van der Waals surface area contributed by atoms with Gasteiger partial charge in [-0.15, -0.1) is 0 Å². The zero-order chi connectivity index (χ0) is 7.28. The van der Waals surface area contributed by atoms with Gasteiger partial charge in [-0.3, -0.25) is 0 Å². The van der Waals surface area contributed by atoms with Crippen LogP contribution in [0.1, 0.15) is 6.42 Å². The van der Waals surface area contributed by atoms with Gasteiger partial charge >= 0.3 is 5.97 Å². The number of aliphatic hydroxyl groups is 1. The Morgan fingerprint density at radius 3 is 2.67 bits per heavy atom. The lowest BCUT2D eigenvalue weighted by Gasteiger charge is -2.01. The van der Waals surface area contributed by atoms with E-state index in [1.54, 1.807) is 0 Å². The van der Waals surface area contributed by atoms with E-state index in [-0.39, 0.29) is 0 Å². The van der Waals surface area contributed by atoms with E-state index in [1.165, 1.54) is 11.8 Å². The maximum atomic E-state index is 9.95. The average molecular weight is 154 g/mol. The molecule has 0 saturated carbocycles. The summed E-state index contributed by atoms with van der Waals surface area (Å²) in [5, 5.41) is 16.8. The van der Waals surface area contributed by atoms with Crippen molar-refractivity contribution in [1.29, 1.82) is 0 Å². The molecule has 0 aromatic rings. The zero-order valence-corrected chi connectivity index (χ0v) is 6.02. The first-order chi connectivity index (χ1) is 4.18. The van der Waals surface area contributed by atoms with Gasteiger partial charge in [0, 0.05) is 0 Å². The van der Waals surface area contributed by atoms with Crippen LogP contribution in [0.15, 0.2) is 0 Å². The van der Waals surface area contributed by atoms with Gasteiger partial charge in [0.15, 0.2) is 6.10 Å². The lowest BCUT2D eigenvalue weighted by Crippen LogP contribution is -2.19. The van der Waals surface area contributed by atoms with Crippen LogP contribution < -0.4 is 0 Å². The number of carbonyl (C=O) groups is 1. The fourth-order valence-corrected chi connectivity index (χ4v) is 0.812. The predicted molar refractivity (Wildman–Crippen MR) is 36.6 cm³/mol. The molecule has 0 saturated heterocycles. The highest BCUT2D eigenvalue weighted by Gasteiger charge is 2.10. The molecular weight excluding hydrogens is 144 g/mol. The monoisotopic (exact) mass is 154 g/mol. The van der Waals surface area contributed by atoms with Crippen LogP contribution in [0.4, 0.5) is 0 Å². The van der Waals surface area contributed by atoms with Gasteiger partial charge < -0.3 is 10.2 Å². The number of carboxylic acid groups (broad SMARTS) is 1. The second kappa shape index (κ2) is 4.64. The molecule has 54 valence electrons. The molecule has 0 rings (SSSR count). The minimum absolute atomic E-state index is 0.330. The number of rotatable bonds is 4. The number of aliphatic hydroxyl groups excluding tert-OH is 1. The summed E-state index contributed by atoms with van der Waals surface area (Å²) in [4.78, 5) is 9.95. The van der Waals surface area contributed by atoms with Gasteiger partial charge in [-0.05, 0) is 18.4 Å². The highest BCUT2D eigenvalue weighted by atomic mass is 32.2. The normalized spacial score (nSPS) is 13.1. The summed E-state index contributed by atoms with van der Waals surface area (Å²) in [6.07, 6.45) is 1.02. The summed E-state index contributed by atoms with van der Waals surface area (Å²) in [6, 6.07) is 0. The van der Waals surface area contributed by atoms with Crippen molar-refractivity contribution in [1.82, 2.24) is 0 Å². The molecule has 0 heterocycles. The van der Waals surface area contributed by atoms with Crippen molar-refractivity contribution in [3.63, 3.8) is 0 Å². The molecule has 9 heavy (non-hydrogen) atoms. The minimum Gasteiger partial charge on any atom is -0.479 e. The maximum Gasteiger partial charge on any atom is 0.332 e.